The Labute approximate surface area is 102 Å². The molecule has 2 rings (SSSR count). The summed E-state index contributed by atoms with van der Waals surface area (Å²) in [6.45, 7) is 4.42. The van der Waals surface area contributed by atoms with Gasteiger partial charge >= 0.3 is 0 Å². The highest BCUT2D eigenvalue weighted by atomic mass is 32.2. The molecular formula is C12H16NO3S. The summed E-state index contributed by atoms with van der Waals surface area (Å²) in [5, 5.41) is 0. The third kappa shape index (κ3) is 2.30. The average molecular weight is 254 g/mol. The summed E-state index contributed by atoms with van der Waals surface area (Å²) in [5.74, 6) is 0.650. The van der Waals surface area contributed by atoms with E-state index in [1.165, 1.54) is 4.31 Å². The van der Waals surface area contributed by atoms with Crippen molar-refractivity contribution < 1.29 is 13.2 Å². The van der Waals surface area contributed by atoms with Crippen molar-refractivity contribution >= 4 is 10.0 Å². The summed E-state index contributed by atoms with van der Waals surface area (Å²) >= 11 is 0. The van der Waals surface area contributed by atoms with Gasteiger partial charge in [0.15, 0.2) is 0 Å². The average Bonchev–Trinajstić information content (AvgIpc) is 2.76. The largest absolute Gasteiger partial charge is 0.497 e. The van der Waals surface area contributed by atoms with Crippen LogP contribution in [0.15, 0.2) is 29.2 Å². The monoisotopic (exact) mass is 254 g/mol. The lowest BCUT2D eigenvalue weighted by molar-refractivity contribution is 0.413. The fourth-order valence-corrected chi connectivity index (χ4v) is 3.63. The molecule has 17 heavy (non-hydrogen) atoms. The summed E-state index contributed by atoms with van der Waals surface area (Å²) in [7, 11) is -1.85. The zero-order valence-electron chi connectivity index (χ0n) is 9.80. The second-order valence-corrected chi connectivity index (χ2v) is 5.98. The molecule has 0 aliphatic carbocycles. The topological polar surface area (TPSA) is 46.6 Å². The maximum Gasteiger partial charge on any atom is 0.243 e. The van der Waals surface area contributed by atoms with Crippen molar-refractivity contribution in [2.24, 2.45) is 0 Å². The van der Waals surface area contributed by atoms with Gasteiger partial charge in [0.25, 0.3) is 0 Å². The lowest BCUT2D eigenvalue weighted by Gasteiger charge is -2.20. The molecule has 1 saturated heterocycles. The van der Waals surface area contributed by atoms with Gasteiger partial charge in [-0.3, -0.25) is 0 Å². The van der Waals surface area contributed by atoms with Crippen LogP contribution in [0.2, 0.25) is 0 Å². The second-order valence-electron chi connectivity index (χ2n) is 4.09. The molecule has 0 bridgehead atoms. The van der Waals surface area contributed by atoms with Crippen LogP contribution >= 0.6 is 0 Å². The molecule has 1 aliphatic rings. The molecule has 4 nitrogen and oxygen atoms in total. The Morgan fingerprint density at radius 2 is 2.00 bits per heavy atom. The molecule has 1 aromatic rings. The Bertz CT molecular complexity index is 481. The van der Waals surface area contributed by atoms with E-state index in [2.05, 4.69) is 6.92 Å². The lowest BCUT2D eigenvalue weighted by Crippen LogP contribution is -2.33. The smallest absolute Gasteiger partial charge is 0.243 e. The molecular weight excluding hydrogens is 238 g/mol. The Hall–Kier alpha value is -1.07. The molecule has 5 heteroatoms. The highest BCUT2D eigenvalue weighted by Crippen LogP contribution is 2.26. The molecule has 1 heterocycles. The molecule has 0 N–H and O–H groups in total. The van der Waals surface area contributed by atoms with E-state index in [1.54, 1.807) is 31.4 Å². The molecule has 1 aromatic carbocycles. The third-order valence-electron chi connectivity index (χ3n) is 2.99. The van der Waals surface area contributed by atoms with Crippen LogP contribution < -0.4 is 4.74 Å². The summed E-state index contributed by atoms with van der Waals surface area (Å²) in [6.07, 6.45) is 1.71. The van der Waals surface area contributed by atoms with E-state index in [1.807, 2.05) is 0 Å². The minimum atomic E-state index is -3.40. The predicted molar refractivity (Wildman–Crippen MR) is 65.3 cm³/mol. The zero-order chi connectivity index (χ0) is 12.5. The number of rotatable bonds is 3. The van der Waals surface area contributed by atoms with E-state index in [0.717, 1.165) is 12.8 Å². The summed E-state index contributed by atoms with van der Waals surface area (Å²) in [6, 6.07) is 6.29. The van der Waals surface area contributed by atoms with Crippen molar-refractivity contribution in [1.82, 2.24) is 4.31 Å². The van der Waals surface area contributed by atoms with Crippen LogP contribution in [0.25, 0.3) is 0 Å². The van der Waals surface area contributed by atoms with Crippen molar-refractivity contribution in [3.63, 3.8) is 0 Å². The van der Waals surface area contributed by atoms with Gasteiger partial charge in [-0.15, -0.1) is 0 Å². The van der Waals surface area contributed by atoms with Crippen molar-refractivity contribution in [2.75, 3.05) is 13.7 Å². The zero-order valence-corrected chi connectivity index (χ0v) is 10.6. The van der Waals surface area contributed by atoms with Gasteiger partial charge in [0, 0.05) is 12.6 Å². The van der Waals surface area contributed by atoms with Crippen LogP contribution in [0.1, 0.15) is 12.8 Å². The Kier molecular flexibility index (Phi) is 3.40. The number of nitrogens with zero attached hydrogens (tertiary/aromatic N) is 1. The quantitative estimate of drug-likeness (QED) is 0.824. The van der Waals surface area contributed by atoms with Gasteiger partial charge in [-0.1, -0.05) is 0 Å². The van der Waals surface area contributed by atoms with Gasteiger partial charge in [-0.05, 0) is 44.0 Å². The Morgan fingerprint density at radius 1 is 1.35 bits per heavy atom. The van der Waals surface area contributed by atoms with E-state index in [4.69, 9.17) is 4.74 Å². The summed E-state index contributed by atoms with van der Waals surface area (Å²) in [5.41, 5.74) is 0. The molecule has 1 unspecified atom stereocenters. The Morgan fingerprint density at radius 3 is 2.47 bits per heavy atom. The molecule has 0 aromatic heterocycles. The van der Waals surface area contributed by atoms with E-state index in [9.17, 15) is 8.42 Å². The molecule has 0 spiro atoms. The number of hydrogen-bond acceptors (Lipinski definition) is 3. The molecule has 1 fully saturated rings. The summed E-state index contributed by atoms with van der Waals surface area (Å²) < 4.78 is 31.1. The van der Waals surface area contributed by atoms with Gasteiger partial charge < -0.3 is 4.74 Å². The standard InChI is InChI=1S/C12H16NO3S/c1-10-4-3-9-13(10)17(14,15)12-7-5-11(16-2)6-8-12/h5-8,10H,1,3-4,9H2,2H3. The molecule has 0 saturated carbocycles. The van der Waals surface area contributed by atoms with E-state index in [0.29, 0.717) is 17.2 Å². The SMILES string of the molecule is [CH2]C1CCCN1S(=O)(=O)c1ccc(OC)cc1. The van der Waals surface area contributed by atoms with Crippen molar-refractivity contribution in [1.29, 1.82) is 0 Å². The number of benzene rings is 1. The minimum absolute atomic E-state index is 0.151. The van der Waals surface area contributed by atoms with E-state index in [-0.39, 0.29) is 6.04 Å². The molecule has 1 aliphatic heterocycles. The number of ether oxygens (including phenoxy) is 1. The first kappa shape index (κ1) is 12.4. The normalized spacial score (nSPS) is 21.6. The first-order valence-corrected chi connectivity index (χ1v) is 6.98. The highest BCUT2D eigenvalue weighted by molar-refractivity contribution is 7.89. The minimum Gasteiger partial charge on any atom is -0.497 e. The van der Waals surface area contributed by atoms with Crippen LogP contribution in [0.3, 0.4) is 0 Å². The van der Waals surface area contributed by atoms with Gasteiger partial charge in [0.2, 0.25) is 10.0 Å². The summed E-state index contributed by atoms with van der Waals surface area (Å²) in [4.78, 5) is 0.300. The maximum absolute atomic E-state index is 12.3. The fourth-order valence-electron chi connectivity index (χ4n) is 2.01. The molecule has 0 amide bonds. The fraction of sp³-hybridized carbons (Fsp3) is 0.417. The number of hydrogen-bond donors (Lipinski definition) is 0. The van der Waals surface area contributed by atoms with Gasteiger partial charge in [0.1, 0.15) is 5.75 Å². The van der Waals surface area contributed by atoms with Gasteiger partial charge in [0.05, 0.1) is 12.0 Å². The van der Waals surface area contributed by atoms with Crippen molar-refractivity contribution in [3.05, 3.63) is 31.2 Å². The van der Waals surface area contributed by atoms with Crippen molar-refractivity contribution in [2.45, 2.75) is 23.8 Å². The number of methoxy groups -OCH3 is 1. The van der Waals surface area contributed by atoms with E-state index < -0.39 is 10.0 Å². The molecule has 1 atom stereocenters. The molecule has 93 valence electrons. The van der Waals surface area contributed by atoms with Crippen LogP contribution in [0.4, 0.5) is 0 Å². The van der Waals surface area contributed by atoms with Crippen molar-refractivity contribution in [3.8, 4) is 5.75 Å². The first-order valence-electron chi connectivity index (χ1n) is 5.54. The maximum atomic E-state index is 12.3. The predicted octanol–water partition coefficient (Wildman–Crippen LogP) is 1.68. The second kappa shape index (κ2) is 4.66. The first-order chi connectivity index (χ1) is 8.05. The van der Waals surface area contributed by atoms with Crippen LogP contribution in [-0.2, 0) is 10.0 Å². The van der Waals surface area contributed by atoms with Crippen LogP contribution in [0, 0.1) is 6.92 Å². The van der Waals surface area contributed by atoms with Crippen LogP contribution in [-0.4, -0.2) is 32.4 Å². The van der Waals surface area contributed by atoms with Gasteiger partial charge in [-0.25, -0.2) is 8.42 Å². The number of sulfonamides is 1. The lowest BCUT2D eigenvalue weighted by atomic mass is 10.3. The van der Waals surface area contributed by atoms with Gasteiger partial charge in [-0.2, -0.15) is 4.31 Å². The van der Waals surface area contributed by atoms with Crippen LogP contribution in [0.5, 0.6) is 5.75 Å². The molecule has 1 radical (unpaired) electrons. The Balaban J connectivity index is 2.31. The third-order valence-corrected chi connectivity index (χ3v) is 4.96. The highest BCUT2D eigenvalue weighted by Gasteiger charge is 2.32. The van der Waals surface area contributed by atoms with E-state index >= 15 is 0 Å².